The molecule has 0 spiro atoms. The number of aryl methyl sites for hydroxylation is 1. The Labute approximate surface area is 158 Å². The lowest BCUT2D eigenvalue weighted by atomic mass is 10.0. The Kier molecular flexibility index (Phi) is 3.95. The minimum absolute atomic E-state index is 0.0661. The third kappa shape index (κ3) is 2.80. The number of non-ortho nitro benzene ring substituents is 1. The lowest BCUT2D eigenvalue weighted by Crippen LogP contribution is -2.31. The number of nitrogens with zero attached hydrogens (tertiary/aromatic N) is 4. The molecule has 0 aliphatic carbocycles. The third-order valence-corrected chi connectivity index (χ3v) is 4.46. The van der Waals surface area contributed by atoms with Gasteiger partial charge in [0, 0.05) is 23.4 Å². The Morgan fingerprint density at radius 2 is 2.11 bits per heavy atom. The highest BCUT2D eigenvalue weighted by Crippen LogP contribution is 2.36. The van der Waals surface area contributed by atoms with E-state index in [9.17, 15) is 14.9 Å². The molecule has 3 N–H and O–H groups in total. The largest absolute Gasteiger partial charge is 0.464 e. The van der Waals surface area contributed by atoms with E-state index in [0.29, 0.717) is 34.3 Å². The Hall–Kier alpha value is -3.95. The Bertz CT molecular complexity index is 1140. The van der Waals surface area contributed by atoms with Gasteiger partial charge in [-0.05, 0) is 26.0 Å². The van der Waals surface area contributed by atoms with Crippen molar-refractivity contribution in [2.24, 2.45) is 5.73 Å². The summed E-state index contributed by atoms with van der Waals surface area (Å²) in [6.45, 7) is 3.51. The van der Waals surface area contributed by atoms with Crippen LogP contribution in [0.15, 0.2) is 52.1 Å². The molecule has 1 amide bonds. The summed E-state index contributed by atoms with van der Waals surface area (Å²) in [5.74, 6) is 1.21. The number of carbonyl (C=O) groups is 1. The number of nitro benzene ring substituents is 1. The predicted molar refractivity (Wildman–Crippen MR) is 99.2 cm³/mol. The van der Waals surface area contributed by atoms with Gasteiger partial charge in [-0.2, -0.15) is 4.98 Å². The number of nitrogens with two attached hydrogens (primary N) is 1. The first-order chi connectivity index (χ1) is 13.3. The van der Waals surface area contributed by atoms with Crippen LogP contribution >= 0.6 is 0 Å². The van der Waals surface area contributed by atoms with Gasteiger partial charge in [0.2, 0.25) is 11.9 Å². The molecule has 0 radical (unpaired) electrons. The van der Waals surface area contributed by atoms with E-state index >= 15 is 0 Å². The second kappa shape index (κ2) is 6.34. The lowest BCUT2D eigenvalue weighted by molar-refractivity contribution is -0.384. The van der Waals surface area contributed by atoms with Crippen LogP contribution in [0.3, 0.4) is 0 Å². The maximum absolute atomic E-state index is 12.1. The van der Waals surface area contributed by atoms with Crippen molar-refractivity contribution in [1.29, 1.82) is 0 Å². The summed E-state index contributed by atoms with van der Waals surface area (Å²) in [7, 11) is 0. The Morgan fingerprint density at radius 3 is 2.75 bits per heavy atom. The van der Waals surface area contributed by atoms with E-state index in [2.05, 4.69) is 15.4 Å². The zero-order chi connectivity index (χ0) is 20.0. The van der Waals surface area contributed by atoms with Gasteiger partial charge in [0.25, 0.3) is 5.69 Å². The van der Waals surface area contributed by atoms with Gasteiger partial charge in [-0.15, -0.1) is 5.10 Å². The fourth-order valence-corrected chi connectivity index (χ4v) is 3.21. The standard InChI is InChI=1S/C18H16N6O4/c1-9-6-7-13(28-9)15-14(16(19)25)10(2)20-18-21-17(22-23(15)18)11-4-3-5-12(8-11)24(26)27/h3-8,15H,1-2H3,(H2,19,25)(H,20,21,22). The summed E-state index contributed by atoms with van der Waals surface area (Å²) in [4.78, 5) is 27.1. The smallest absolute Gasteiger partial charge is 0.270 e. The fourth-order valence-electron chi connectivity index (χ4n) is 3.21. The number of rotatable bonds is 4. The highest BCUT2D eigenvalue weighted by atomic mass is 16.6. The average Bonchev–Trinajstić information content (AvgIpc) is 3.26. The van der Waals surface area contributed by atoms with Crippen LogP contribution in [0, 0.1) is 17.0 Å². The average molecular weight is 380 g/mol. The molecule has 10 heteroatoms. The van der Waals surface area contributed by atoms with E-state index in [1.807, 2.05) is 0 Å². The van der Waals surface area contributed by atoms with Crippen molar-refractivity contribution in [3.05, 3.63) is 69.3 Å². The molecule has 1 unspecified atom stereocenters. The molecule has 10 nitrogen and oxygen atoms in total. The molecular weight excluding hydrogens is 364 g/mol. The molecule has 28 heavy (non-hydrogen) atoms. The highest BCUT2D eigenvalue weighted by molar-refractivity contribution is 5.95. The minimum Gasteiger partial charge on any atom is -0.464 e. The molecule has 0 fully saturated rings. The first-order valence-corrected chi connectivity index (χ1v) is 8.40. The van der Waals surface area contributed by atoms with Crippen molar-refractivity contribution in [3.8, 4) is 11.4 Å². The van der Waals surface area contributed by atoms with Crippen molar-refractivity contribution < 1.29 is 14.1 Å². The summed E-state index contributed by atoms with van der Waals surface area (Å²) < 4.78 is 7.23. The molecule has 1 atom stereocenters. The van der Waals surface area contributed by atoms with Gasteiger partial charge in [-0.25, -0.2) is 4.68 Å². The molecule has 0 bridgehead atoms. The summed E-state index contributed by atoms with van der Waals surface area (Å²) in [6, 6.07) is 8.86. The number of hydrogen-bond donors (Lipinski definition) is 2. The van der Waals surface area contributed by atoms with Gasteiger partial charge >= 0.3 is 0 Å². The molecule has 3 aromatic rings. The molecule has 4 rings (SSSR count). The van der Waals surface area contributed by atoms with Crippen LogP contribution in [0.5, 0.6) is 0 Å². The Morgan fingerprint density at radius 1 is 1.32 bits per heavy atom. The summed E-state index contributed by atoms with van der Waals surface area (Å²) in [5.41, 5.74) is 6.86. The van der Waals surface area contributed by atoms with Gasteiger partial charge in [0.05, 0.1) is 10.5 Å². The molecule has 3 heterocycles. The van der Waals surface area contributed by atoms with E-state index in [1.54, 1.807) is 38.1 Å². The monoisotopic (exact) mass is 380 g/mol. The number of furan rings is 1. The topological polar surface area (TPSA) is 142 Å². The molecule has 1 aliphatic heterocycles. The summed E-state index contributed by atoms with van der Waals surface area (Å²) in [6.07, 6.45) is 0. The van der Waals surface area contributed by atoms with E-state index in [-0.39, 0.29) is 11.5 Å². The zero-order valence-electron chi connectivity index (χ0n) is 15.0. The predicted octanol–water partition coefficient (Wildman–Crippen LogP) is 2.53. The number of allylic oxidation sites excluding steroid dienone is 1. The van der Waals surface area contributed by atoms with Crippen LogP contribution in [-0.2, 0) is 4.79 Å². The van der Waals surface area contributed by atoms with Gasteiger partial charge < -0.3 is 15.5 Å². The number of carbonyl (C=O) groups excluding carboxylic acids is 1. The second-order valence-corrected chi connectivity index (χ2v) is 6.39. The number of hydrogen-bond acceptors (Lipinski definition) is 7. The summed E-state index contributed by atoms with van der Waals surface area (Å²) >= 11 is 0. The quantitative estimate of drug-likeness (QED) is 0.523. The lowest BCUT2D eigenvalue weighted by Gasteiger charge is -2.25. The van der Waals surface area contributed by atoms with Crippen molar-refractivity contribution in [3.63, 3.8) is 0 Å². The Balaban J connectivity index is 1.86. The van der Waals surface area contributed by atoms with Crippen LogP contribution in [0.4, 0.5) is 11.6 Å². The number of aromatic nitrogens is 3. The number of fused-ring (bicyclic) bond motifs is 1. The van der Waals surface area contributed by atoms with Crippen LogP contribution < -0.4 is 11.1 Å². The number of anilines is 1. The number of amides is 1. The number of nitro groups is 1. The zero-order valence-corrected chi connectivity index (χ0v) is 15.0. The second-order valence-electron chi connectivity index (χ2n) is 6.39. The minimum atomic E-state index is -0.692. The molecule has 1 aromatic carbocycles. The van der Waals surface area contributed by atoms with Crippen LogP contribution in [0.2, 0.25) is 0 Å². The van der Waals surface area contributed by atoms with Gasteiger partial charge in [0.1, 0.15) is 17.6 Å². The number of nitrogens with one attached hydrogen (secondary N) is 1. The van der Waals surface area contributed by atoms with Crippen molar-refractivity contribution in [2.75, 3.05) is 5.32 Å². The van der Waals surface area contributed by atoms with Gasteiger partial charge in [-0.3, -0.25) is 14.9 Å². The molecule has 0 saturated carbocycles. The van der Waals surface area contributed by atoms with Gasteiger partial charge in [0.15, 0.2) is 5.82 Å². The maximum atomic E-state index is 12.1. The number of benzene rings is 1. The van der Waals surface area contributed by atoms with Gasteiger partial charge in [-0.1, -0.05) is 12.1 Å². The van der Waals surface area contributed by atoms with E-state index < -0.39 is 16.9 Å². The fraction of sp³-hybridized carbons (Fsp3) is 0.167. The van der Waals surface area contributed by atoms with Crippen molar-refractivity contribution in [1.82, 2.24) is 14.8 Å². The van der Waals surface area contributed by atoms with E-state index in [4.69, 9.17) is 10.2 Å². The first-order valence-electron chi connectivity index (χ1n) is 8.40. The van der Waals surface area contributed by atoms with Crippen molar-refractivity contribution >= 4 is 17.5 Å². The molecule has 2 aromatic heterocycles. The highest BCUT2D eigenvalue weighted by Gasteiger charge is 2.35. The van der Waals surface area contributed by atoms with Crippen LogP contribution in [-0.4, -0.2) is 25.6 Å². The SMILES string of the molecule is CC1=C(C(N)=O)C(c2ccc(C)o2)n2nc(-c3cccc([N+](=O)[O-])c3)nc2N1. The molecule has 0 saturated heterocycles. The van der Waals surface area contributed by atoms with Crippen LogP contribution in [0.1, 0.15) is 24.5 Å². The molecule has 1 aliphatic rings. The van der Waals surface area contributed by atoms with Crippen molar-refractivity contribution in [2.45, 2.75) is 19.9 Å². The third-order valence-electron chi connectivity index (χ3n) is 4.46. The molecular formula is C18H16N6O4. The maximum Gasteiger partial charge on any atom is 0.270 e. The van der Waals surface area contributed by atoms with Crippen LogP contribution in [0.25, 0.3) is 11.4 Å². The first kappa shape index (κ1) is 17.5. The summed E-state index contributed by atoms with van der Waals surface area (Å²) in [5, 5.41) is 18.5. The normalized spacial score (nSPS) is 15.9. The number of primary amides is 1. The van der Waals surface area contributed by atoms with E-state index in [0.717, 1.165) is 0 Å². The molecule has 142 valence electrons. The van der Waals surface area contributed by atoms with E-state index in [1.165, 1.54) is 16.8 Å².